The van der Waals surface area contributed by atoms with Gasteiger partial charge in [-0.3, -0.25) is 19.5 Å². The van der Waals surface area contributed by atoms with Gasteiger partial charge in [0.2, 0.25) is 5.91 Å². The van der Waals surface area contributed by atoms with Crippen molar-refractivity contribution in [3.05, 3.63) is 53.8 Å². The Kier molecular flexibility index (Phi) is 5.67. The van der Waals surface area contributed by atoms with Crippen LogP contribution in [0.2, 0.25) is 0 Å². The van der Waals surface area contributed by atoms with E-state index in [2.05, 4.69) is 32.5 Å². The van der Waals surface area contributed by atoms with Crippen molar-refractivity contribution in [2.75, 3.05) is 10.2 Å². The first-order valence-corrected chi connectivity index (χ1v) is 13.1. The second-order valence-corrected chi connectivity index (χ2v) is 10.5. The van der Waals surface area contributed by atoms with Gasteiger partial charge in [0.25, 0.3) is 5.91 Å². The van der Waals surface area contributed by atoms with Crippen LogP contribution < -0.4 is 20.9 Å². The van der Waals surface area contributed by atoms with Gasteiger partial charge in [0.1, 0.15) is 9.71 Å². The Morgan fingerprint density at radius 3 is 2.58 bits per heavy atom. The number of anilines is 3. The highest BCUT2D eigenvalue weighted by Crippen LogP contribution is 2.46. The molecule has 3 aromatic heterocycles. The van der Waals surface area contributed by atoms with Gasteiger partial charge in [-0.15, -0.1) is 11.3 Å². The molecule has 184 valence electrons. The number of nitrogens with zero attached hydrogens (tertiary/aromatic N) is 3. The molecule has 3 aromatic rings. The van der Waals surface area contributed by atoms with E-state index < -0.39 is 0 Å². The molecule has 2 saturated carbocycles. The Hall–Kier alpha value is -3.79. The number of carbonyl (C=O) groups excluding carboxylic acids is 3. The fourth-order valence-corrected chi connectivity index (χ4v) is 6.31. The molecule has 4 heterocycles. The van der Waals surface area contributed by atoms with Crippen LogP contribution in [0.25, 0.3) is 10.2 Å². The quantitative estimate of drug-likeness (QED) is 0.426. The Bertz CT molecular complexity index is 1400. The molecule has 10 heteroatoms. The van der Waals surface area contributed by atoms with Crippen LogP contribution in [0.3, 0.4) is 0 Å². The minimum Gasteiger partial charge on any atom is -0.348 e. The SMILES string of the molecule is C=CC(=O)N[C@H]1CCC[C@H]1NC(=O)c1sc2nccc3c2c1NC(=O)N3c1ccnc(C2CCC2)c1. The summed E-state index contributed by atoms with van der Waals surface area (Å²) in [6.45, 7) is 3.50. The van der Waals surface area contributed by atoms with Crippen molar-refractivity contribution in [1.82, 2.24) is 20.6 Å². The Labute approximate surface area is 212 Å². The molecule has 36 heavy (non-hydrogen) atoms. The molecule has 0 unspecified atom stereocenters. The number of hydrogen-bond acceptors (Lipinski definition) is 6. The van der Waals surface area contributed by atoms with Gasteiger partial charge in [-0.25, -0.2) is 9.78 Å². The molecule has 0 bridgehead atoms. The van der Waals surface area contributed by atoms with E-state index in [0.29, 0.717) is 27.0 Å². The number of amides is 4. The van der Waals surface area contributed by atoms with Crippen LogP contribution in [0.1, 0.15) is 59.8 Å². The number of carbonyl (C=O) groups is 3. The number of nitrogens with one attached hydrogen (secondary N) is 3. The summed E-state index contributed by atoms with van der Waals surface area (Å²) >= 11 is 1.25. The molecule has 2 atom stereocenters. The summed E-state index contributed by atoms with van der Waals surface area (Å²) in [5.41, 5.74) is 2.92. The first kappa shape index (κ1) is 22.7. The van der Waals surface area contributed by atoms with E-state index >= 15 is 0 Å². The zero-order valence-corrected chi connectivity index (χ0v) is 20.4. The van der Waals surface area contributed by atoms with Gasteiger partial charge < -0.3 is 16.0 Å². The molecule has 3 aliphatic rings. The lowest BCUT2D eigenvalue weighted by Crippen LogP contribution is -2.48. The van der Waals surface area contributed by atoms with E-state index in [1.807, 2.05) is 12.1 Å². The predicted octanol–water partition coefficient (Wildman–Crippen LogP) is 4.60. The van der Waals surface area contributed by atoms with Crippen LogP contribution in [0.15, 0.2) is 43.2 Å². The topological polar surface area (TPSA) is 116 Å². The second-order valence-electron chi connectivity index (χ2n) is 9.48. The molecule has 1 aliphatic heterocycles. The van der Waals surface area contributed by atoms with Gasteiger partial charge in [0.15, 0.2) is 0 Å². The summed E-state index contributed by atoms with van der Waals surface area (Å²) in [7, 11) is 0. The molecule has 9 nitrogen and oxygen atoms in total. The highest BCUT2D eigenvalue weighted by atomic mass is 32.1. The summed E-state index contributed by atoms with van der Waals surface area (Å²) < 4.78 is 0. The van der Waals surface area contributed by atoms with Gasteiger partial charge in [-0.05, 0) is 56.4 Å². The van der Waals surface area contributed by atoms with Crippen LogP contribution in [0, 0.1) is 0 Å². The monoisotopic (exact) mass is 502 g/mol. The third-order valence-electron chi connectivity index (χ3n) is 7.34. The Morgan fingerprint density at radius 1 is 1.08 bits per heavy atom. The number of aromatic nitrogens is 2. The first-order valence-electron chi connectivity index (χ1n) is 12.3. The van der Waals surface area contributed by atoms with Crippen LogP contribution in [-0.4, -0.2) is 39.9 Å². The van der Waals surface area contributed by atoms with E-state index in [1.165, 1.54) is 23.8 Å². The van der Waals surface area contributed by atoms with E-state index in [0.717, 1.165) is 48.9 Å². The number of thiophene rings is 1. The Balaban J connectivity index is 1.32. The van der Waals surface area contributed by atoms with E-state index in [1.54, 1.807) is 23.4 Å². The summed E-state index contributed by atoms with van der Waals surface area (Å²) in [5.74, 6) is -0.0949. The van der Waals surface area contributed by atoms with E-state index in [-0.39, 0.29) is 29.9 Å². The maximum absolute atomic E-state index is 13.4. The molecular formula is C26H26N6O3S. The summed E-state index contributed by atoms with van der Waals surface area (Å²) in [6.07, 6.45) is 10.5. The van der Waals surface area contributed by atoms with Crippen molar-refractivity contribution < 1.29 is 14.4 Å². The van der Waals surface area contributed by atoms with Gasteiger partial charge in [-0.1, -0.05) is 13.0 Å². The van der Waals surface area contributed by atoms with Crippen LogP contribution in [-0.2, 0) is 4.79 Å². The van der Waals surface area contributed by atoms with Crippen LogP contribution >= 0.6 is 11.3 Å². The average molecular weight is 503 g/mol. The predicted molar refractivity (Wildman–Crippen MR) is 139 cm³/mol. The fourth-order valence-electron chi connectivity index (χ4n) is 5.28. The molecule has 4 amide bonds. The van der Waals surface area contributed by atoms with Crippen molar-refractivity contribution in [3.8, 4) is 0 Å². The minimum atomic E-state index is -0.329. The Morgan fingerprint density at radius 2 is 1.83 bits per heavy atom. The first-order chi connectivity index (χ1) is 17.5. The zero-order valence-electron chi connectivity index (χ0n) is 19.6. The highest BCUT2D eigenvalue weighted by Gasteiger charge is 2.35. The summed E-state index contributed by atoms with van der Waals surface area (Å²) in [5, 5.41) is 9.66. The fraction of sp³-hybridized carbons (Fsp3) is 0.346. The largest absolute Gasteiger partial charge is 0.348 e. The maximum Gasteiger partial charge on any atom is 0.331 e. The standard InChI is InChI=1S/C26H26N6O3S/c1-2-20(33)29-16-7-4-8-17(16)30-24(34)23-22-21-19(10-12-28-25(21)36-23)32(26(35)31-22)15-9-11-27-18(13-15)14-5-3-6-14/h2,9-14,16-17H,1,3-8H2,(H,29,33)(H,30,34)(H,31,35)/t16-,17+/m0/s1. The van der Waals surface area contributed by atoms with Gasteiger partial charge >= 0.3 is 6.03 Å². The lowest BCUT2D eigenvalue weighted by molar-refractivity contribution is -0.117. The molecule has 0 saturated heterocycles. The van der Waals surface area contributed by atoms with E-state index in [9.17, 15) is 14.4 Å². The van der Waals surface area contributed by atoms with Crippen molar-refractivity contribution in [3.63, 3.8) is 0 Å². The number of pyridine rings is 2. The van der Waals surface area contributed by atoms with E-state index in [4.69, 9.17) is 0 Å². The number of rotatable bonds is 6. The van der Waals surface area contributed by atoms with Crippen LogP contribution in [0.5, 0.6) is 0 Å². The summed E-state index contributed by atoms with van der Waals surface area (Å²) in [6, 6.07) is 4.95. The molecule has 2 fully saturated rings. The smallest absolute Gasteiger partial charge is 0.331 e. The van der Waals surface area contributed by atoms with Crippen LogP contribution in [0.4, 0.5) is 21.9 Å². The van der Waals surface area contributed by atoms with Crippen molar-refractivity contribution in [1.29, 1.82) is 0 Å². The lowest BCUT2D eigenvalue weighted by atomic mass is 9.82. The molecule has 3 N–H and O–H groups in total. The third-order valence-corrected chi connectivity index (χ3v) is 8.44. The second kappa shape index (κ2) is 9.02. The molecule has 0 aromatic carbocycles. The summed E-state index contributed by atoms with van der Waals surface area (Å²) in [4.78, 5) is 50.3. The molecular weight excluding hydrogens is 476 g/mol. The maximum atomic E-state index is 13.4. The third kappa shape index (κ3) is 3.81. The number of hydrogen-bond donors (Lipinski definition) is 3. The zero-order chi connectivity index (χ0) is 24.8. The molecule has 0 spiro atoms. The normalized spacial score (nSPS) is 21.1. The highest BCUT2D eigenvalue weighted by molar-refractivity contribution is 7.21. The number of urea groups is 1. The average Bonchev–Trinajstić information content (AvgIpc) is 3.43. The van der Waals surface area contributed by atoms with Crippen molar-refractivity contribution in [2.24, 2.45) is 0 Å². The van der Waals surface area contributed by atoms with Gasteiger partial charge in [0.05, 0.1) is 22.4 Å². The molecule has 6 rings (SSSR count). The molecule has 2 aliphatic carbocycles. The lowest BCUT2D eigenvalue weighted by Gasteiger charge is -2.30. The van der Waals surface area contributed by atoms with Crippen molar-refractivity contribution >= 4 is 56.5 Å². The minimum absolute atomic E-state index is 0.152. The van der Waals surface area contributed by atoms with Gasteiger partial charge in [0, 0.05) is 36.1 Å². The van der Waals surface area contributed by atoms with Gasteiger partial charge in [-0.2, -0.15) is 0 Å². The molecule has 0 radical (unpaired) electrons. The van der Waals surface area contributed by atoms with Crippen molar-refractivity contribution in [2.45, 2.75) is 56.5 Å².